The number of methoxy groups -OCH3 is 1. The van der Waals surface area contributed by atoms with Crippen LogP contribution in [0, 0.1) is 19.3 Å². The van der Waals surface area contributed by atoms with E-state index in [-0.39, 0.29) is 0 Å². The van der Waals surface area contributed by atoms with Crippen LogP contribution in [-0.2, 0) is 11.3 Å². The summed E-state index contributed by atoms with van der Waals surface area (Å²) in [6, 6.07) is 4.12. The lowest BCUT2D eigenvalue weighted by Crippen LogP contribution is -2.29. The van der Waals surface area contributed by atoms with E-state index in [0.29, 0.717) is 13.1 Å². The Balaban J connectivity index is 2.00. The van der Waals surface area contributed by atoms with Crippen LogP contribution < -0.4 is 10.1 Å². The van der Waals surface area contributed by atoms with E-state index in [1.54, 1.807) is 7.11 Å². The Kier molecular flexibility index (Phi) is 3.80. The van der Waals surface area contributed by atoms with Crippen LogP contribution in [0.15, 0.2) is 12.1 Å². The first-order valence-corrected chi connectivity index (χ1v) is 6.57. The number of aryl methyl sites for hydroxylation is 2. The molecule has 1 fully saturated rings. The lowest BCUT2D eigenvalue weighted by atomic mass is 10.0. The quantitative estimate of drug-likeness (QED) is 0.826. The molecule has 4 nitrogen and oxygen atoms in total. The number of carbonyl (C=O) groups is 1. The lowest BCUT2D eigenvalue weighted by molar-refractivity contribution is -0.143. The Hall–Kier alpha value is -1.55. The molecule has 1 aliphatic rings. The van der Waals surface area contributed by atoms with Gasteiger partial charge in [-0.1, -0.05) is 6.07 Å². The standard InChI is InChI=1S/C15H21NO3/c1-10-6-12(13(19-3)7-11(10)2)8-16-9-15(4-5-15)14(17)18/h6-7,16H,4-5,8-9H2,1-3H3,(H,17,18). The molecule has 0 heterocycles. The van der Waals surface area contributed by atoms with Gasteiger partial charge in [0, 0.05) is 18.7 Å². The average Bonchev–Trinajstić information content (AvgIpc) is 3.14. The van der Waals surface area contributed by atoms with Crippen molar-refractivity contribution in [2.75, 3.05) is 13.7 Å². The van der Waals surface area contributed by atoms with Crippen molar-refractivity contribution in [1.82, 2.24) is 5.32 Å². The normalized spacial score (nSPS) is 16.2. The molecule has 0 bridgehead atoms. The summed E-state index contributed by atoms with van der Waals surface area (Å²) in [6.45, 7) is 5.29. The Bertz CT molecular complexity index is 492. The monoisotopic (exact) mass is 263 g/mol. The first-order chi connectivity index (χ1) is 8.98. The fourth-order valence-electron chi connectivity index (χ4n) is 2.23. The van der Waals surface area contributed by atoms with E-state index in [1.165, 1.54) is 11.1 Å². The molecular formula is C15H21NO3. The van der Waals surface area contributed by atoms with Gasteiger partial charge in [0.25, 0.3) is 0 Å². The largest absolute Gasteiger partial charge is 0.496 e. The minimum absolute atomic E-state index is 0.521. The van der Waals surface area contributed by atoms with Crippen LogP contribution in [0.25, 0.3) is 0 Å². The molecule has 4 heteroatoms. The molecule has 19 heavy (non-hydrogen) atoms. The van der Waals surface area contributed by atoms with E-state index in [2.05, 4.69) is 25.2 Å². The SMILES string of the molecule is COc1cc(C)c(C)cc1CNCC1(C(=O)O)CC1. The predicted octanol–water partition coefficient (Wildman–Crippen LogP) is 2.27. The molecule has 0 saturated heterocycles. The zero-order chi connectivity index (χ0) is 14.0. The van der Waals surface area contributed by atoms with Gasteiger partial charge in [0.15, 0.2) is 0 Å². The molecule has 0 atom stereocenters. The number of carboxylic acids is 1. The number of hydrogen-bond acceptors (Lipinski definition) is 3. The maximum atomic E-state index is 11.1. The fourth-order valence-corrected chi connectivity index (χ4v) is 2.23. The Morgan fingerprint density at radius 2 is 2.00 bits per heavy atom. The summed E-state index contributed by atoms with van der Waals surface area (Å²) in [6.07, 6.45) is 1.55. The third-order valence-corrected chi connectivity index (χ3v) is 3.98. The molecule has 0 radical (unpaired) electrons. The highest BCUT2D eigenvalue weighted by atomic mass is 16.5. The second-order valence-electron chi connectivity index (χ2n) is 5.44. The fraction of sp³-hybridized carbons (Fsp3) is 0.533. The van der Waals surface area contributed by atoms with E-state index in [4.69, 9.17) is 9.84 Å². The Labute approximate surface area is 113 Å². The maximum absolute atomic E-state index is 11.1. The van der Waals surface area contributed by atoms with Crippen LogP contribution in [-0.4, -0.2) is 24.7 Å². The maximum Gasteiger partial charge on any atom is 0.310 e. The highest BCUT2D eigenvalue weighted by Gasteiger charge is 2.49. The molecule has 1 saturated carbocycles. The summed E-state index contributed by atoms with van der Waals surface area (Å²) in [5, 5.41) is 12.4. The molecule has 0 aromatic heterocycles. The molecule has 0 spiro atoms. The van der Waals surface area contributed by atoms with Crippen molar-refractivity contribution in [3.8, 4) is 5.75 Å². The zero-order valence-electron chi connectivity index (χ0n) is 11.7. The van der Waals surface area contributed by atoms with Crippen molar-refractivity contribution in [1.29, 1.82) is 0 Å². The summed E-state index contributed by atoms with van der Waals surface area (Å²) >= 11 is 0. The van der Waals surface area contributed by atoms with Crippen LogP contribution in [0.2, 0.25) is 0 Å². The van der Waals surface area contributed by atoms with Crippen molar-refractivity contribution in [3.05, 3.63) is 28.8 Å². The van der Waals surface area contributed by atoms with Crippen molar-refractivity contribution < 1.29 is 14.6 Å². The van der Waals surface area contributed by atoms with Gasteiger partial charge in [-0.25, -0.2) is 0 Å². The molecule has 1 aromatic carbocycles. The second kappa shape index (κ2) is 5.21. The molecule has 0 unspecified atom stereocenters. The third-order valence-electron chi connectivity index (χ3n) is 3.98. The summed E-state index contributed by atoms with van der Waals surface area (Å²) < 4.78 is 5.37. The summed E-state index contributed by atoms with van der Waals surface area (Å²) in [5.74, 6) is 0.169. The number of aliphatic carboxylic acids is 1. The summed E-state index contributed by atoms with van der Waals surface area (Å²) in [4.78, 5) is 11.1. The van der Waals surface area contributed by atoms with Gasteiger partial charge < -0.3 is 15.2 Å². The van der Waals surface area contributed by atoms with E-state index >= 15 is 0 Å². The molecule has 1 aliphatic carbocycles. The molecule has 1 aromatic rings. The molecular weight excluding hydrogens is 242 g/mol. The van der Waals surface area contributed by atoms with Crippen molar-refractivity contribution in [2.45, 2.75) is 33.2 Å². The first-order valence-electron chi connectivity index (χ1n) is 6.57. The van der Waals surface area contributed by atoms with Gasteiger partial charge in [-0.05, 0) is 43.9 Å². The van der Waals surface area contributed by atoms with Gasteiger partial charge >= 0.3 is 5.97 Å². The topological polar surface area (TPSA) is 58.6 Å². The number of nitrogens with one attached hydrogen (secondary N) is 1. The van der Waals surface area contributed by atoms with E-state index in [9.17, 15) is 4.79 Å². The molecule has 0 aliphatic heterocycles. The third kappa shape index (κ3) is 2.89. The van der Waals surface area contributed by atoms with Crippen molar-refractivity contribution >= 4 is 5.97 Å². The molecule has 104 valence electrons. The molecule has 2 rings (SSSR count). The summed E-state index contributed by atoms with van der Waals surface area (Å²) in [7, 11) is 1.66. The van der Waals surface area contributed by atoms with Crippen LogP contribution in [0.4, 0.5) is 0 Å². The molecule has 0 amide bonds. The number of ether oxygens (including phenoxy) is 1. The van der Waals surface area contributed by atoms with Gasteiger partial charge in [-0.2, -0.15) is 0 Å². The minimum atomic E-state index is -0.688. The number of rotatable bonds is 6. The second-order valence-corrected chi connectivity index (χ2v) is 5.44. The Morgan fingerprint density at radius 1 is 1.37 bits per heavy atom. The van der Waals surface area contributed by atoms with E-state index < -0.39 is 11.4 Å². The molecule has 2 N–H and O–H groups in total. The van der Waals surface area contributed by atoms with Gasteiger partial charge in [-0.3, -0.25) is 4.79 Å². The van der Waals surface area contributed by atoms with Crippen LogP contribution in [0.1, 0.15) is 29.5 Å². The zero-order valence-corrected chi connectivity index (χ0v) is 11.7. The number of hydrogen-bond donors (Lipinski definition) is 2. The van der Waals surface area contributed by atoms with Gasteiger partial charge in [0.2, 0.25) is 0 Å². The first kappa shape index (κ1) is 13.9. The predicted molar refractivity (Wildman–Crippen MR) is 73.5 cm³/mol. The number of benzene rings is 1. The van der Waals surface area contributed by atoms with Gasteiger partial charge in [0.05, 0.1) is 12.5 Å². The van der Waals surface area contributed by atoms with Crippen molar-refractivity contribution in [2.24, 2.45) is 5.41 Å². The van der Waals surface area contributed by atoms with Crippen molar-refractivity contribution in [3.63, 3.8) is 0 Å². The minimum Gasteiger partial charge on any atom is -0.496 e. The van der Waals surface area contributed by atoms with Crippen LogP contribution in [0.5, 0.6) is 5.75 Å². The lowest BCUT2D eigenvalue weighted by Gasteiger charge is -2.14. The van der Waals surface area contributed by atoms with Gasteiger partial charge in [0.1, 0.15) is 5.75 Å². The van der Waals surface area contributed by atoms with Gasteiger partial charge in [-0.15, -0.1) is 0 Å². The highest BCUT2D eigenvalue weighted by molar-refractivity contribution is 5.78. The Morgan fingerprint density at radius 3 is 2.53 bits per heavy atom. The van der Waals surface area contributed by atoms with E-state index in [1.807, 2.05) is 6.07 Å². The highest BCUT2D eigenvalue weighted by Crippen LogP contribution is 2.45. The van der Waals surface area contributed by atoms with Crippen LogP contribution >= 0.6 is 0 Å². The van der Waals surface area contributed by atoms with Crippen LogP contribution in [0.3, 0.4) is 0 Å². The number of carboxylic acid groups (broad SMARTS) is 1. The summed E-state index contributed by atoms with van der Waals surface area (Å²) in [5.41, 5.74) is 2.97. The smallest absolute Gasteiger partial charge is 0.310 e. The van der Waals surface area contributed by atoms with E-state index in [0.717, 1.165) is 24.2 Å². The average molecular weight is 263 g/mol.